The molecule has 6 nitrogen and oxygen atoms in total. The third-order valence-electron chi connectivity index (χ3n) is 2.80. The molecule has 0 unspecified atom stereocenters. The summed E-state index contributed by atoms with van der Waals surface area (Å²) in [5.74, 6) is -0.0444. The Balaban J connectivity index is 2.33. The predicted molar refractivity (Wildman–Crippen MR) is 83.9 cm³/mol. The molecule has 0 fully saturated rings. The SMILES string of the molecule is CN(c1ccc(C(N)=NO)cc1)S(=O)(=O)c1ccc(Cl)s1. The first-order valence-corrected chi connectivity index (χ1v) is 8.32. The zero-order valence-corrected chi connectivity index (χ0v) is 13.3. The zero-order valence-electron chi connectivity index (χ0n) is 10.9. The van der Waals surface area contributed by atoms with Crippen molar-refractivity contribution in [2.24, 2.45) is 10.9 Å². The molecule has 0 aliphatic carbocycles. The molecule has 0 radical (unpaired) electrons. The molecule has 2 aromatic rings. The van der Waals surface area contributed by atoms with E-state index >= 15 is 0 Å². The van der Waals surface area contributed by atoms with Gasteiger partial charge in [0.15, 0.2) is 5.84 Å². The largest absolute Gasteiger partial charge is 0.409 e. The summed E-state index contributed by atoms with van der Waals surface area (Å²) in [4.78, 5) is 0. The molecule has 9 heteroatoms. The molecule has 21 heavy (non-hydrogen) atoms. The van der Waals surface area contributed by atoms with Crippen LogP contribution < -0.4 is 10.0 Å². The molecule has 1 aromatic heterocycles. The van der Waals surface area contributed by atoms with Crippen molar-refractivity contribution in [3.8, 4) is 0 Å². The van der Waals surface area contributed by atoms with Crippen molar-refractivity contribution in [2.45, 2.75) is 4.21 Å². The van der Waals surface area contributed by atoms with Crippen LogP contribution in [-0.2, 0) is 10.0 Å². The molecule has 0 atom stereocenters. The van der Waals surface area contributed by atoms with Crippen LogP contribution in [0.15, 0.2) is 45.8 Å². The van der Waals surface area contributed by atoms with Gasteiger partial charge in [-0.05, 0) is 36.4 Å². The molecule has 0 spiro atoms. The van der Waals surface area contributed by atoms with Crippen molar-refractivity contribution in [3.05, 3.63) is 46.3 Å². The first-order chi connectivity index (χ1) is 9.86. The van der Waals surface area contributed by atoms with E-state index in [0.29, 0.717) is 15.6 Å². The van der Waals surface area contributed by atoms with Crippen LogP contribution in [0.4, 0.5) is 5.69 Å². The van der Waals surface area contributed by atoms with Crippen molar-refractivity contribution < 1.29 is 13.6 Å². The van der Waals surface area contributed by atoms with Crippen LogP contribution in [0.3, 0.4) is 0 Å². The lowest BCUT2D eigenvalue weighted by Crippen LogP contribution is -2.25. The molecule has 0 amide bonds. The van der Waals surface area contributed by atoms with Crippen molar-refractivity contribution in [1.29, 1.82) is 0 Å². The number of rotatable bonds is 4. The van der Waals surface area contributed by atoms with Gasteiger partial charge in [-0.3, -0.25) is 4.31 Å². The maximum atomic E-state index is 12.4. The Bertz CT molecular complexity index is 769. The molecule has 1 heterocycles. The minimum Gasteiger partial charge on any atom is -0.409 e. The molecular formula is C12H12ClN3O3S2. The van der Waals surface area contributed by atoms with Crippen LogP contribution in [0.25, 0.3) is 0 Å². The number of hydrogen-bond acceptors (Lipinski definition) is 5. The number of nitrogens with zero attached hydrogens (tertiary/aromatic N) is 2. The predicted octanol–water partition coefficient (Wildman–Crippen LogP) is 2.32. The van der Waals surface area contributed by atoms with Gasteiger partial charge in [0.2, 0.25) is 0 Å². The van der Waals surface area contributed by atoms with Gasteiger partial charge in [-0.25, -0.2) is 8.42 Å². The molecule has 0 aliphatic heterocycles. The average molecular weight is 346 g/mol. The van der Waals surface area contributed by atoms with E-state index < -0.39 is 10.0 Å². The van der Waals surface area contributed by atoms with Crippen LogP contribution >= 0.6 is 22.9 Å². The minimum atomic E-state index is -3.65. The first-order valence-electron chi connectivity index (χ1n) is 5.68. The third-order valence-corrected chi connectivity index (χ3v) is 6.28. The minimum absolute atomic E-state index is 0.0444. The van der Waals surface area contributed by atoms with Crippen molar-refractivity contribution in [1.82, 2.24) is 0 Å². The quantitative estimate of drug-likeness (QED) is 0.384. The third kappa shape index (κ3) is 3.12. The second-order valence-corrected chi connectivity index (χ2v) is 7.97. The summed E-state index contributed by atoms with van der Waals surface area (Å²) in [7, 11) is -2.21. The topological polar surface area (TPSA) is 96.0 Å². The number of sulfonamides is 1. The van der Waals surface area contributed by atoms with Gasteiger partial charge in [-0.2, -0.15) is 0 Å². The Labute approximate surface area is 131 Å². The van der Waals surface area contributed by atoms with E-state index in [0.717, 1.165) is 15.6 Å². The van der Waals surface area contributed by atoms with E-state index in [1.807, 2.05) is 0 Å². The van der Waals surface area contributed by atoms with Gasteiger partial charge in [-0.15, -0.1) is 11.3 Å². The fourth-order valence-electron chi connectivity index (χ4n) is 1.61. The van der Waals surface area contributed by atoms with Crippen molar-refractivity contribution in [3.63, 3.8) is 0 Å². The monoisotopic (exact) mass is 345 g/mol. The Morgan fingerprint density at radius 2 is 1.90 bits per heavy atom. The van der Waals surface area contributed by atoms with E-state index in [9.17, 15) is 8.42 Å². The van der Waals surface area contributed by atoms with Crippen LogP contribution in [0.2, 0.25) is 4.34 Å². The standard InChI is InChI=1S/C12H12ClN3O3S2/c1-16(21(18,19)11-7-6-10(13)20-11)9-4-2-8(3-5-9)12(14)15-17/h2-7,17H,1H3,(H2,14,15). The number of halogens is 1. The van der Waals surface area contributed by atoms with Gasteiger partial charge < -0.3 is 10.9 Å². The lowest BCUT2D eigenvalue weighted by molar-refractivity contribution is 0.318. The summed E-state index contributed by atoms with van der Waals surface area (Å²) in [5, 5.41) is 11.5. The highest BCUT2D eigenvalue weighted by atomic mass is 35.5. The number of amidine groups is 1. The lowest BCUT2D eigenvalue weighted by Gasteiger charge is -2.18. The van der Waals surface area contributed by atoms with E-state index in [-0.39, 0.29) is 10.0 Å². The number of hydrogen-bond donors (Lipinski definition) is 2. The summed E-state index contributed by atoms with van der Waals surface area (Å²) >= 11 is 6.77. The van der Waals surface area contributed by atoms with E-state index in [2.05, 4.69) is 5.16 Å². The van der Waals surface area contributed by atoms with E-state index in [4.69, 9.17) is 22.5 Å². The lowest BCUT2D eigenvalue weighted by atomic mass is 10.2. The number of benzene rings is 1. The Morgan fingerprint density at radius 3 is 2.38 bits per heavy atom. The first kappa shape index (κ1) is 15.6. The normalized spacial score (nSPS) is 12.4. The number of nitrogens with two attached hydrogens (primary N) is 1. The summed E-state index contributed by atoms with van der Waals surface area (Å²) in [6, 6.07) is 9.27. The smallest absolute Gasteiger partial charge is 0.273 e. The molecular weight excluding hydrogens is 334 g/mol. The Morgan fingerprint density at radius 1 is 1.29 bits per heavy atom. The Hall–Kier alpha value is -1.77. The maximum absolute atomic E-state index is 12.4. The van der Waals surface area contributed by atoms with Gasteiger partial charge in [0.05, 0.1) is 10.0 Å². The molecule has 0 aliphatic rings. The fraction of sp³-hybridized carbons (Fsp3) is 0.0833. The molecule has 112 valence electrons. The highest BCUT2D eigenvalue weighted by molar-refractivity contribution is 7.94. The van der Waals surface area contributed by atoms with Crippen LogP contribution in [0.1, 0.15) is 5.56 Å². The van der Waals surface area contributed by atoms with Crippen LogP contribution in [0.5, 0.6) is 0 Å². The summed E-state index contributed by atoms with van der Waals surface area (Å²) < 4.78 is 26.5. The number of anilines is 1. The molecule has 0 saturated heterocycles. The van der Waals surface area contributed by atoms with Gasteiger partial charge >= 0.3 is 0 Å². The van der Waals surface area contributed by atoms with E-state index in [1.165, 1.54) is 19.2 Å². The second kappa shape index (κ2) is 5.92. The highest BCUT2D eigenvalue weighted by Crippen LogP contribution is 2.30. The number of thiophene rings is 1. The summed E-state index contributed by atoms with van der Waals surface area (Å²) in [6.45, 7) is 0. The van der Waals surface area contributed by atoms with Crippen LogP contribution in [0, 0.1) is 0 Å². The Kier molecular flexibility index (Phi) is 4.40. The van der Waals surface area contributed by atoms with Crippen molar-refractivity contribution >= 4 is 44.5 Å². The fourth-order valence-corrected chi connectivity index (χ4v) is 4.46. The van der Waals surface area contributed by atoms with Gasteiger partial charge in [0, 0.05) is 12.6 Å². The van der Waals surface area contributed by atoms with Gasteiger partial charge in [0.1, 0.15) is 4.21 Å². The molecule has 2 rings (SSSR count). The van der Waals surface area contributed by atoms with Crippen molar-refractivity contribution in [2.75, 3.05) is 11.4 Å². The van der Waals surface area contributed by atoms with Gasteiger partial charge in [-0.1, -0.05) is 16.8 Å². The van der Waals surface area contributed by atoms with Gasteiger partial charge in [0.25, 0.3) is 10.0 Å². The second-order valence-electron chi connectivity index (χ2n) is 4.06. The highest BCUT2D eigenvalue weighted by Gasteiger charge is 2.23. The summed E-state index contributed by atoms with van der Waals surface area (Å²) in [5.41, 5.74) is 6.40. The zero-order chi connectivity index (χ0) is 15.6. The number of oxime groups is 1. The molecule has 3 N–H and O–H groups in total. The van der Waals surface area contributed by atoms with E-state index in [1.54, 1.807) is 24.3 Å². The maximum Gasteiger partial charge on any atom is 0.273 e. The molecule has 0 saturated carbocycles. The van der Waals surface area contributed by atoms with Crippen LogP contribution in [-0.4, -0.2) is 26.5 Å². The average Bonchev–Trinajstić information content (AvgIpc) is 2.93. The summed E-state index contributed by atoms with van der Waals surface area (Å²) in [6.07, 6.45) is 0. The molecule has 0 bridgehead atoms. The molecule has 1 aromatic carbocycles.